The zero-order valence-corrected chi connectivity index (χ0v) is 20.1. The fourth-order valence-electron chi connectivity index (χ4n) is 4.39. The van der Waals surface area contributed by atoms with Crippen LogP contribution >= 0.6 is 35.0 Å². The number of anilines is 1. The topological polar surface area (TPSA) is 59.8 Å². The number of benzene rings is 2. The molecule has 2 aliphatic rings. The molecule has 1 unspecified atom stereocenters. The van der Waals surface area contributed by atoms with Gasteiger partial charge in [-0.2, -0.15) is 4.98 Å². The van der Waals surface area contributed by atoms with E-state index in [-0.39, 0.29) is 17.2 Å². The van der Waals surface area contributed by atoms with Crippen LogP contribution in [0.3, 0.4) is 0 Å². The average Bonchev–Trinajstić information content (AvgIpc) is 3.13. The molecule has 0 fully saturated rings. The predicted octanol–water partition coefficient (Wildman–Crippen LogP) is 6.54. The molecule has 164 valence electrons. The number of hydrogen-bond donors (Lipinski definition) is 1. The summed E-state index contributed by atoms with van der Waals surface area (Å²) in [6.45, 7) is 4.24. The second-order valence-corrected chi connectivity index (χ2v) is 10.7. The zero-order valence-electron chi connectivity index (χ0n) is 17.7. The highest BCUT2D eigenvalue weighted by atomic mass is 35.5. The maximum atomic E-state index is 13.3. The van der Waals surface area contributed by atoms with Crippen LogP contribution in [0.15, 0.2) is 65.0 Å². The Morgan fingerprint density at radius 1 is 1.16 bits per heavy atom. The zero-order chi connectivity index (χ0) is 22.5. The maximum Gasteiger partial charge on any atom is 0.227 e. The lowest BCUT2D eigenvalue weighted by molar-refractivity contribution is -0.118. The Balaban J connectivity index is 1.54. The van der Waals surface area contributed by atoms with Gasteiger partial charge >= 0.3 is 0 Å². The van der Waals surface area contributed by atoms with E-state index in [2.05, 4.69) is 19.2 Å². The SMILES string of the molecule is CC1(C)CC(=O)C2=C(C1)Nc1nc(SCc3ccccc3Cl)nn1C2c1cccc(Cl)c1. The van der Waals surface area contributed by atoms with Crippen molar-refractivity contribution in [3.63, 3.8) is 0 Å². The Kier molecular flexibility index (Phi) is 5.56. The van der Waals surface area contributed by atoms with E-state index in [9.17, 15) is 4.79 Å². The highest BCUT2D eigenvalue weighted by Crippen LogP contribution is 2.46. The molecule has 0 spiro atoms. The number of aromatic nitrogens is 3. The molecule has 1 N–H and O–H groups in total. The molecule has 0 amide bonds. The molecule has 1 aliphatic heterocycles. The van der Waals surface area contributed by atoms with E-state index in [1.165, 1.54) is 11.8 Å². The molecule has 32 heavy (non-hydrogen) atoms. The molecule has 0 bridgehead atoms. The number of nitrogens with one attached hydrogen (secondary N) is 1. The van der Waals surface area contributed by atoms with Gasteiger partial charge in [0.05, 0.1) is 0 Å². The molecule has 1 atom stereocenters. The first kappa shape index (κ1) is 21.6. The summed E-state index contributed by atoms with van der Waals surface area (Å²) in [5, 5.41) is 10.2. The monoisotopic (exact) mass is 484 g/mol. The van der Waals surface area contributed by atoms with Crippen molar-refractivity contribution >= 4 is 46.7 Å². The summed E-state index contributed by atoms with van der Waals surface area (Å²) in [6, 6.07) is 15.0. The number of carbonyl (C=O) groups is 1. The highest BCUT2D eigenvalue weighted by Gasteiger charge is 2.41. The van der Waals surface area contributed by atoms with Gasteiger partial charge in [-0.15, -0.1) is 5.10 Å². The summed E-state index contributed by atoms with van der Waals surface area (Å²) >= 11 is 14.1. The Morgan fingerprint density at radius 2 is 1.97 bits per heavy atom. The van der Waals surface area contributed by atoms with Crippen molar-refractivity contribution in [2.24, 2.45) is 5.41 Å². The third-order valence-corrected chi connectivity index (χ3v) is 7.28. The van der Waals surface area contributed by atoms with E-state index in [1.54, 1.807) is 0 Å². The van der Waals surface area contributed by atoms with Crippen molar-refractivity contribution in [3.05, 3.63) is 81.0 Å². The largest absolute Gasteiger partial charge is 0.328 e. The third kappa shape index (κ3) is 4.07. The van der Waals surface area contributed by atoms with Crippen molar-refractivity contribution in [2.45, 2.75) is 43.6 Å². The average molecular weight is 485 g/mol. The van der Waals surface area contributed by atoms with E-state index in [1.807, 2.05) is 53.2 Å². The van der Waals surface area contributed by atoms with Gasteiger partial charge in [-0.25, -0.2) is 4.68 Å². The lowest BCUT2D eigenvalue weighted by atomic mass is 9.73. The van der Waals surface area contributed by atoms with Gasteiger partial charge in [0.1, 0.15) is 6.04 Å². The molecule has 8 heteroatoms. The van der Waals surface area contributed by atoms with E-state index in [0.717, 1.165) is 33.8 Å². The van der Waals surface area contributed by atoms with Crippen molar-refractivity contribution in [3.8, 4) is 0 Å². The fourth-order valence-corrected chi connectivity index (χ4v) is 5.71. The summed E-state index contributed by atoms with van der Waals surface area (Å²) in [5.74, 6) is 1.44. The summed E-state index contributed by atoms with van der Waals surface area (Å²) < 4.78 is 1.82. The van der Waals surface area contributed by atoms with E-state index >= 15 is 0 Å². The van der Waals surface area contributed by atoms with Crippen LogP contribution in [0.2, 0.25) is 10.0 Å². The number of nitrogens with zero attached hydrogens (tertiary/aromatic N) is 3. The second kappa shape index (κ2) is 8.25. The quantitative estimate of drug-likeness (QED) is 0.426. The molecular formula is C24H22Cl2N4OS. The van der Waals surface area contributed by atoms with E-state index in [0.29, 0.717) is 28.3 Å². The number of hydrogen-bond acceptors (Lipinski definition) is 5. The molecule has 0 saturated heterocycles. The van der Waals surface area contributed by atoms with Crippen LogP contribution in [-0.4, -0.2) is 20.5 Å². The van der Waals surface area contributed by atoms with Crippen molar-refractivity contribution in [2.75, 3.05) is 5.32 Å². The molecule has 0 radical (unpaired) electrons. The number of halogens is 2. The summed E-state index contributed by atoms with van der Waals surface area (Å²) in [7, 11) is 0. The number of rotatable bonds is 4. The van der Waals surface area contributed by atoms with Crippen molar-refractivity contribution < 1.29 is 4.79 Å². The first-order chi connectivity index (χ1) is 15.3. The number of thioether (sulfide) groups is 1. The molecule has 3 aromatic rings. The van der Waals surface area contributed by atoms with Gasteiger partial charge in [-0.1, -0.05) is 79.1 Å². The Morgan fingerprint density at radius 3 is 2.75 bits per heavy atom. The number of fused-ring (bicyclic) bond motifs is 1. The highest BCUT2D eigenvalue weighted by molar-refractivity contribution is 7.98. The van der Waals surface area contributed by atoms with Gasteiger partial charge in [0, 0.05) is 33.5 Å². The molecular weight excluding hydrogens is 463 g/mol. The van der Waals surface area contributed by atoms with Crippen LogP contribution in [-0.2, 0) is 10.5 Å². The third-order valence-electron chi connectivity index (χ3n) is 5.79. The second-order valence-electron chi connectivity index (χ2n) is 8.96. The van der Waals surface area contributed by atoms with Crippen LogP contribution in [0.5, 0.6) is 0 Å². The first-order valence-electron chi connectivity index (χ1n) is 10.4. The Hall–Kier alpha value is -2.28. The minimum atomic E-state index is -0.356. The Bertz CT molecular complexity index is 1250. The predicted molar refractivity (Wildman–Crippen MR) is 129 cm³/mol. The molecule has 2 heterocycles. The smallest absolute Gasteiger partial charge is 0.227 e. The maximum absolute atomic E-state index is 13.3. The van der Waals surface area contributed by atoms with Gasteiger partial charge in [-0.3, -0.25) is 4.79 Å². The first-order valence-corrected chi connectivity index (χ1v) is 12.2. The van der Waals surface area contributed by atoms with E-state index < -0.39 is 0 Å². The van der Waals surface area contributed by atoms with Gasteiger partial charge in [0.25, 0.3) is 0 Å². The van der Waals surface area contributed by atoms with Gasteiger partial charge < -0.3 is 5.32 Å². The minimum absolute atomic E-state index is 0.106. The van der Waals surface area contributed by atoms with E-state index in [4.69, 9.17) is 33.3 Å². The minimum Gasteiger partial charge on any atom is -0.328 e. The van der Waals surface area contributed by atoms with Crippen LogP contribution in [0, 0.1) is 5.41 Å². The molecule has 5 rings (SSSR count). The number of Topliss-reactive ketones (excluding diaryl/α,β-unsaturated/α-hetero) is 1. The van der Waals surface area contributed by atoms with Gasteiger partial charge in [0.2, 0.25) is 11.1 Å². The fraction of sp³-hybridized carbons (Fsp3) is 0.292. The molecule has 5 nitrogen and oxygen atoms in total. The normalized spacial score (nSPS) is 19.4. The molecule has 1 aliphatic carbocycles. The lowest BCUT2D eigenvalue weighted by Gasteiger charge is -2.38. The van der Waals surface area contributed by atoms with Crippen LogP contribution in [0.25, 0.3) is 0 Å². The van der Waals surface area contributed by atoms with Crippen LogP contribution in [0.1, 0.15) is 43.9 Å². The van der Waals surface area contributed by atoms with Gasteiger partial charge in [-0.05, 0) is 41.2 Å². The number of carbonyl (C=O) groups excluding carboxylic acids is 1. The van der Waals surface area contributed by atoms with Crippen LogP contribution in [0.4, 0.5) is 5.95 Å². The molecule has 1 aromatic heterocycles. The van der Waals surface area contributed by atoms with Crippen molar-refractivity contribution in [1.29, 1.82) is 0 Å². The Labute approximate surface area is 201 Å². The summed E-state index contributed by atoms with van der Waals surface area (Å²) in [5.41, 5.74) is 3.53. The number of ketones is 1. The lowest BCUT2D eigenvalue weighted by Crippen LogP contribution is -2.36. The standard InChI is InChI=1S/C24H22Cl2N4OS/c1-24(2)11-18-20(19(31)12-24)21(14-7-5-8-16(25)10-14)30-22(27-18)28-23(29-30)32-13-15-6-3-4-9-17(15)26/h3-10,21H,11-13H2,1-2H3,(H,27,28,29). The summed E-state index contributed by atoms with van der Waals surface area (Å²) in [4.78, 5) is 18.0. The molecule has 2 aromatic carbocycles. The molecule has 0 saturated carbocycles. The number of allylic oxidation sites excluding steroid dienone is 2. The van der Waals surface area contributed by atoms with Crippen molar-refractivity contribution in [1.82, 2.24) is 14.8 Å². The summed E-state index contributed by atoms with van der Waals surface area (Å²) in [6.07, 6.45) is 1.28. The van der Waals surface area contributed by atoms with Crippen LogP contribution < -0.4 is 5.32 Å². The van der Waals surface area contributed by atoms with Gasteiger partial charge in [0.15, 0.2) is 5.78 Å².